The van der Waals surface area contributed by atoms with Crippen molar-refractivity contribution in [3.05, 3.63) is 26.7 Å². The smallest absolute Gasteiger partial charge is 0.332 e. The number of hydrogen-bond donors (Lipinski definition) is 0. The van der Waals surface area contributed by atoms with E-state index in [1.54, 1.807) is 7.05 Å². The lowest BCUT2D eigenvalue weighted by atomic mass is 9.96. The normalized spacial score (nSPS) is 12.1. The summed E-state index contributed by atoms with van der Waals surface area (Å²) in [6.45, 7) is 9.16. The molecule has 8 heteroatoms. The number of rotatable bonds is 5. The van der Waals surface area contributed by atoms with Crippen LogP contribution >= 0.6 is 11.8 Å². The predicted molar refractivity (Wildman–Crippen MR) is 95.9 cm³/mol. The first kappa shape index (κ1) is 18.7. The number of fused-ring (bicyclic) bond motifs is 1. The van der Waals surface area contributed by atoms with Gasteiger partial charge in [-0.1, -0.05) is 20.8 Å². The van der Waals surface area contributed by atoms with E-state index in [-0.39, 0.29) is 11.0 Å². The van der Waals surface area contributed by atoms with Gasteiger partial charge >= 0.3 is 5.69 Å². The Kier molecular flexibility index (Phi) is 5.49. The first-order chi connectivity index (χ1) is 11.2. The van der Waals surface area contributed by atoms with E-state index in [1.165, 1.54) is 23.4 Å². The van der Waals surface area contributed by atoms with E-state index in [9.17, 15) is 9.59 Å². The first-order valence-corrected chi connectivity index (χ1v) is 8.85. The van der Waals surface area contributed by atoms with Crippen molar-refractivity contribution in [2.45, 2.75) is 38.1 Å². The molecule has 0 aliphatic carbocycles. The highest BCUT2D eigenvalue weighted by Gasteiger charge is 2.23. The SMILES string of the molecule is CCOCCSc1nc(C(C)(C)C)nc2c1c(=O)n(C)c(=O)n2C. The van der Waals surface area contributed by atoms with Crippen LogP contribution < -0.4 is 11.2 Å². The highest BCUT2D eigenvalue weighted by molar-refractivity contribution is 7.99. The topological polar surface area (TPSA) is 79.0 Å². The minimum Gasteiger partial charge on any atom is -0.381 e. The predicted octanol–water partition coefficient (Wildman–Crippen LogP) is 1.45. The lowest BCUT2D eigenvalue weighted by Gasteiger charge is -2.19. The molecule has 0 saturated heterocycles. The molecule has 0 saturated carbocycles. The summed E-state index contributed by atoms with van der Waals surface area (Å²) in [5.41, 5.74) is -0.675. The molecule has 0 spiro atoms. The first-order valence-electron chi connectivity index (χ1n) is 7.87. The largest absolute Gasteiger partial charge is 0.381 e. The summed E-state index contributed by atoms with van der Waals surface area (Å²) in [5, 5.41) is 0.981. The zero-order chi connectivity index (χ0) is 18.1. The second kappa shape index (κ2) is 7.06. The Hall–Kier alpha value is -1.67. The van der Waals surface area contributed by atoms with Gasteiger partial charge in [-0.25, -0.2) is 14.8 Å². The van der Waals surface area contributed by atoms with Crippen molar-refractivity contribution in [3.8, 4) is 0 Å². The van der Waals surface area contributed by atoms with E-state index < -0.39 is 5.69 Å². The molecule has 0 radical (unpaired) electrons. The van der Waals surface area contributed by atoms with E-state index in [4.69, 9.17) is 4.74 Å². The van der Waals surface area contributed by atoms with Gasteiger partial charge in [-0.15, -0.1) is 11.8 Å². The fraction of sp³-hybridized carbons (Fsp3) is 0.625. The second-order valence-corrected chi connectivity index (χ2v) is 7.64. The van der Waals surface area contributed by atoms with Crippen molar-refractivity contribution in [2.24, 2.45) is 14.1 Å². The molecule has 0 bridgehead atoms. The Morgan fingerprint density at radius 1 is 1.12 bits per heavy atom. The Morgan fingerprint density at radius 2 is 1.79 bits per heavy atom. The van der Waals surface area contributed by atoms with Crippen molar-refractivity contribution in [3.63, 3.8) is 0 Å². The van der Waals surface area contributed by atoms with Gasteiger partial charge in [0.15, 0.2) is 5.65 Å². The minimum atomic E-state index is -0.392. The molecule has 0 N–H and O–H groups in total. The standard InChI is InChI=1S/C16H24N4O3S/c1-7-23-8-9-24-12-10-11(17-14(18-12)16(2,3)4)19(5)15(22)20(6)13(10)21/h7-9H2,1-6H3. The third-order valence-corrected chi connectivity index (χ3v) is 4.55. The van der Waals surface area contributed by atoms with Gasteiger partial charge in [-0.05, 0) is 6.92 Å². The second-order valence-electron chi connectivity index (χ2n) is 6.55. The molecule has 132 valence electrons. The molecule has 24 heavy (non-hydrogen) atoms. The molecule has 0 atom stereocenters. The number of nitrogens with zero attached hydrogens (tertiary/aromatic N) is 4. The molecule has 0 unspecified atom stereocenters. The highest BCUT2D eigenvalue weighted by Crippen LogP contribution is 2.26. The van der Waals surface area contributed by atoms with Gasteiger partial charge in [0, 0.05) is 31.9 Å². The van der Waals surface area contributed by atoms with Gasteiger partial charge in [0.25, 0.3) is 5.56 Å². The summed E-state index contributed by atoms with van der Waals surface area (Å²) in [7, 11) is 3.09. The van der Waals surface area contributed by atoms with Gasteiger partial charge in [-0.3, -0.25) is 13.9 Å². The van der Waals surface area contributed by atoms with Crippen LogP contribution in [0.3, 0.4) is 0 Å². The fourth-order valence-electron chi connectivity index (χ4n) is 2.21. The maximum atomic E-state index is 12.6. The van der Waals surface area contributed by atoms with Gasteiger partial charge in [-0.2, -0.15) is 0 Å². The third kappa shape index (κ3) is 3.54. The van der Waals surface area contributed by atoms with Crippen molar-refractivity contribution < 1.29 is 4.74 Å². The van der Waals surface area contributed by atoms with Crippen LogP contribution in [0, 0.1) is 0 Å². The summed E-state index contributed by atoms with van der Waals surface area (Å²) < 4.78 is 7.85. The molecule has 2 aromatic heterocycles. The number of thioether (sulfide) groups is 1. The molecule has 0 aliphatic rings. The average molecular weight is 352 g/mol. The van der Waals surface area contributed by atoms with Gasteiger partial charge < -0.3 is 4.74 Å². The number of hydrogen-bond acceptors (Lipinski definition) is 6. The summed E-state index contributed by atoms with van der Waals surface area (Å²) >= 11 is 1.45. The Morgan fingerprint density at radius 3 is 2.38 bits per heavy atom. The molecular weight excluding hydrogens is 328 g/mol. The van der Waals surface area contributed by atoms with Crippen LogP contribution in [0.5, 0.6) is 0 Å². The van der Waals surface area contributed by atoms with Crippen LogP contribution in [0.25, 0.3) is 11.0 Å². The molecule has 7 nitrogen and oxygen atoms in total. The van der Waals surface area contributed by atoms with Crippen LogP contribution in [-0.4, -0.2) is 38.1 Å². The quantitative estimate of drug-likeness (QED) is 0.460. The summed E-state index contributed by atoms with van der Waals surface area (Å²) in [5.74, 6) is 1.28. The molecular formula is C16H24N4O3S. The summed E-state index contributed by atoms with van der Waals surface area (Å²) in [4.78, 5) is 33.9. The minimum absolute atomic E-state index is 0.291. The number of aryl methyl sites for hydroxylation is 1. The fourth-order valence-corrected chi connectivity index (χ4v) is 3.08. The average Bonchev–Trinajstić information content (AvgIpc) is 2.53. The molecule has 0 aliphatic heterocycles. The molecule has 0 aromatic carbocycles. The molecule has 2 heterocycles. The lowest BCUT2D eigenvalue weighted by molar-refractivity contribution is 0.164. The third-order valence-electron chi connectivity index (χ3n) is 3.61. The lowest BCUT2D eigenvalue weighted by Crippen LogP contribution is -2.38. The van der Waals surface area contributed by atoms with E-state index in [1.807, 2.05) is 27.7 Å². The van der Waals surface area contributed by atoms with Crippen LogP contribution in [0.4, 0.5) is 0 Å². The summed E-state index contributed by atoms with van der Waals surface area (Å²) in [6, 6.07) is 0. The van der Waals surface area contributed by atoms with Crippen molar-refractivity contribution in [1.82, 2.24) is 19.1 Å². The van der Waals surface area contributed by atoms with Crippen LogP contribution in [0.15, 0.2) is 14.6 Å². The Bertz CT molecular complexity index is 865. The van der Waals surface area contributed by atoms with Crippen molar-refractivity contribution >= 4 is 22.8 Å². The van der Waals surface area contributed by atoms with Crippen molar-refractivity contribution in [2.75, 3.05) is 19.0 Å². The molecule has 0 fully saturated rings. The Balaban J connectivity index is 2.72. The Labute approximate surface area is 145 Å². The maximum Gasteiger partial charge on any atom is 0.332 e. The van der Waals surface area contributed by atoms with Gasteiger partial charge in [0.1, 0.15) is 16.2 Å². The van der Waals surface area contributed by atoms with Gasteiger partial charge in [0.2, 0.25) is 0 Å². The highest BCUT2D eigenvalue weighted by atomic mass is 32.2. The monoisotopic (exact) mass is 352 g/mol. The van der Waals surface area contributed by atoms with E-state index >= 15 is 0 Å². The molecule has 2 rings (SSSR count). The maximum absolute atomic E-state index is 12.6. The summed E-state index contributed by atoms with van der Waals surface area (Å²) in [6.07, 6.45) is 0. The zero-order valence-electron chi connectivity index (χ0n) is 15.0. The van der Waals surface area contributed by atoms with E-state index in [2.05, 4.69) is 9.97 Å². The molecule has 0 amide bonds. The van der Waals surface area contributed by atoms with Crippen molar-refractivity contribution in [1.29, 1.82) is 0 Å². The number of aromatic nitrogens is 4. The van der Waals surface area contributed by atoms with Crippen LogP contribution in [0.1, 0.15) is 33.5 Å². The number of ether oxygens (including phenoxy) is 1. The molecule has 2 aromatic rings. The zero-order valence-corrected chi connectivity index (χ0v) is 15.9. The van der Waals surface area contributed by atoms with Crippen LogP contribution in [0.2, 0.25) is 0 Å². The van der Waals surface area contributed by atoms with Gasteiger partial charge in [0.05, 0.1) is 6.61 Å². The van der Waals surface area contributed by atoms with E-state index in [0.717, 1.165) is 4.57 Å². The van der Waals surface area contributed by atoms with E-state index in [0.29, 0.717) is 40.9 Å². The van der Waals surface area contributed by atoms with Crippen LogP contribution in [-0.2, 0) is 24.2 Å².